The number of sulfone groups is 1. The third-order valence-electron chi connectivity index (χ3n) is 5.29. The highest BCUT2D eigenvalue weighted by Gasteiger charge is 2.27. The summed E-state index contributed by atoms with van der Waals surface area (Å²) >= 11 is 0. The molecule has 2 N–H and O–H groups in total. The van der Waals surface area contributed by atoms with E-state index in [1.54, 1.807) is 18.2 Å². The van der Waals surface area contributed by atoms with Crippen molar-refractivity contribution in [3.05, 3.63) is 69.4 Å². The monoisotopic (exact) mass is 416 g/mol. The van der Waals surface area contributed by atoms with Gasteiger partial charge in [0.05, 0.1) is 0 Å². The lowest BCUT2D eigenvalue weighted by Gasteiger charge is -2.14. The molecule has 6 nitrogen and oxygen atoms in total. The molecule has 2 heterocycles. The average Bonchev–Trinajstić information content (AvgIpc) is 3.40. The van der Waals surface area contributed by atoms with Gasteiger partial charge >= 0.3 is 0 Å². The predicted molar refractivity (Wildman–Crippen MR) is 107 cm³/mol. The van der Waals surface area contributed by atoms with Crippen LogP contribution in [0.4, 0.5) is 4.39 Å². The number of carbonyl (C=O) groups is 1. The number of hydrogen-bond donors (Lipinski definition) is 2. The van der Waals surface area contributed by atoms with Crippen molar-refractivity contribution in [2.75, 3.05) is 6.26 Å². The van der Waals surface area contributed by atoms with E-state index in [9.17, 15) is 22.4 Å². The average molecular weight is 416 g/mol. The van der Waals surface area contributed by atoms with Crippen molar-refractivity contribution in [2.24, 2.45) is 0 Å². The van der Waals surface area contributed by atoms with Crippen LogP contribution in [-0.2, 0) is 14.6 Å². The van der Waals surface area contributed by atoms with Crippen molar-refractivity contribution in [3.8, 4) is 0 Å². The van der Waals surface area contributed by atoms with Crippen LogP contribution in [-0.4, -0.2) is 31.6 Å². The van der Waals surface area contributed by atoms with E-state index >= 15 is 0 Å². The molecule has 0 unspecified atom stereocenters. The predicted octanol–water partition coefficient (Wildman–Crippen LogP) is 2.51. The molecule has 4 rings (SSSR count). The van der Waals surface area contributed by atoms with Crippen molar-refractivity contribution >= 4 is 21.3 Å². The van der Waals surface area contributed by atoms with Crippen LogP contribution >= 0.6 is 0 Å². The standard InChI is InChI=1S/C21H21FN2O4S/c1-29(27,28)19-8-4-13(10-17(19)22)16(11-14-5-9-20(25)23-14)18-7-6-15(12-2-3-12)21(26)24-18/h4,6-8,10-12,14H,2-3,5,9H2,1H3,(H,23,25)(H,24,26)/t14-/m1/s1. The molecule has 29 heavy (non-hydrogen) atoms. The Morgan fingerprint density at radius 3 is 2.45 bits per heavy atom. The molecular formula is C21H21FN2O4S. The molecule has 1 saturated carbocycles. The van der Waals surface area contributed by atoms with Gasteiger partial charge in [-0.25, -0.2) is 12.8 Å². The van der Waals surface area contributed by atoms with E-state index < -0.39 is 15.7 Å². The number of benzene rings is 1. The minimum atomic E-state index is -3.69. The van der Waals surface area contributed by atoms with Crippen LogP contribution < -0.4 is 10.9 Å². The molecular weight excluding hydrogens is 395 g/mol. The number of rotatable bonds is 5. The molecule has 0 radical (unpaired) electrons. The molecule has 1 amide bonds. The third kappa shape index (κ3) is 4.17. The van der Waals surface area contributed by atoms with Crippen LogP contribution in [0.5, 0.6) is 0 Å². The van der Waals surface area contributed by atoms with Gasteiger partial charge in [0.2, 0.25) is 5.91 Å². The Morgan fingerprint density at radius 1 is 1.14 bits per heavy atom. The SMILES string of the molecule is CS(=O)(=O)c1ccc(C(=C[C@H]2CCC(=O)N2)c2ccc(C3CC3)c(=O)[nH]2)cc1F. The second-order valence-electron chi connectivity index (χ2n) is 7.64. The first kappa shape index (κ1) is 19.6. The van der Waals surface area contributed by atoms with Crippen molar-refractivity contribution in [1.82, 2.24) is 10.3 Å². The number of pyridine rings is 1. The van der Waals surface area contributed by atoms with E-state index in [0.717, 1.165) is 30.7 Å². The molecule has 1 saturated heterocycles. The van der Waals surface area contributed by atoms with E-state index in [1.807, 2.05) is 0 Å². The molecule has 1 aliphatic heterocycles. The Labute approximate surface area is 167 Å². The molecule has 152 valence electrons. The first-order valence-corrected chi connectivity index (χ1v) is 11.4. The summed E-state index contributed by atoms with van der Waals surface area (Å²) in [5, 5.41) is 2.83. The maximum absolute atomic E-state index is 14.5. The highest BCUT2D eigenvalue weighted by atomic mass is 32.2. The lowest BCUT2D eigenvalue weighted by atomic mass is 9.98. The van der Waals surface area contributed by atoms with Crippen molar-refractivity contribution < 1.29 is 17.6 Å². The number of hydrogen-bond acceptors (Lipinski definition) is 4. The zero-order valence-electron chi connectivity index (χ0n) is 15.9. The second-order valence-corrected chi connectivity index (χ2v) is 9.63. The van der Waals surface area contributed by atoms with Crippen molar-refractivity contribution in [1.29, 1.82) is 0 Å². The fraction of sp³-hybridized carbons (Fsp3) is 0.333. The molecule has 2 aliphatic rings. The van der Waals surface area contributed by atoms with E-state index in [4.69, 9.17) is 0 Å². The highest BCUT2D eigenvalue weighted by molar-refractivity contribution is 7.90. The fourth-order valence-corrected chi connectivity index (χ4v) is 4.36. The summed E-state index contributed by atoms with van der Waals surface area (Å²) in [7, 11) is -3.69. The highest BCUT2D eigenvalue weighted by Crippen LogP contribution is 2.38. The van der Waals surface area contributed by atoms with E-state index in [2.05, 4.69) is 10.3 Å². The molecule has 1 aromatic carbocycles. The number of aromatic amines is 1. The molecule has 1 aliphatic carbocycles. The van der Waals surface area contributed by atoms with Gasteiger partial charge < -0.3 is 10.3 Å². The van der Waals surface area contributed by atoms with Gasteiger partial charge in [-0.1, -0.05) is 18.2 Å². The summed E-state index contributed by atoms with van der Waals surface area (Å²) in [6.07, 6.45) is 5.71. The van der Waals surface area contributed by atoms with Gasteiger partial charge in [0, 0.05) is 35.5 Å². The fourth-order valence-electron chi connectivity index (χ4n) is 3.63. The smallest absolute Gasteiger partial charge is 0.251 e. The van der Waals surface area contributed by atoms with Crippen LogP contribution in [0.15, 0.2) is 46.1 Å². The van der Waals surface area contributed by atoms with Gasteiger partial charge in [-0.05, 0) is 48.9 Å². The Kier molecular flexibility index (Phi) is 4.90. The Morgan fingerprint density at radius 2 is 1.90 bits per heavy atom. The van der Waals surface area contributed by atoms with Crippen LogP contribution in [0.2, 0.25) is 0 Å². The molecule has 0 spiro atoms. The van der Waals surface area contributed by atoms with Gasteiger partial charge in [0.15, 0.2) is 9.84 Å². The maximum atomic E-state index is 14.5. The number of nitrogens with one attached hydrogen (secondary N) is 2. The second kappa shape index (κ2) is 7.26. The van der Waals surface area contributed by atoms with Crippen LogP contribution in [0.25, 0.3) is 5.57 Å². The van der Waals surface area contributed by atoms with Gasteiger partial charge in [-0.3, -0.25) is 9.59 Å². The molecule has 8 heteroatoms. The van der Waals surface area contributed by atoms with Crippen molar-refractivity contribution in [3.63, 3.8) is 0 Å². The van der Waals surface area contributed by atoms with E-state index in [0.29, 0.717) is 35.6 Å². The lowest BCUT2D eigenvalue weighted by molar-refractivity contribution is -0.119. The summed E-state index contributed by atoms with van der Waals surface area (Å²) in [4.78, 5) is 26.6. The Balaban J connectivity index is 1.80. The summed E-state index contributed by atoms with van der Waals surface area (Å²) < 4.78 is 38.0. The van der Waals surface area contributed by atoms with Gasteiger partial charge in [-0.2, -0.15) is 0 Å². The topological polar surface area (TPSA) is 96.1 Å². The quantitative estimate of drug-likeness (QED) is 0.783. The van der Waals surface area contributed by atoms with E-state index in [1.165, 1.54) is 12.1 Å². The van der Waals surface area contributed by atoms with Crippen LogP contribution in [0.1, 0.15) is 48.4 Å². The van der Waals surface area contributed by atoms with Crippen LogP contribution in [0.3, 0.4) is 0 Å². The number of amides is 1. The third-order valence-corrected chi connectivity index (χ3v) is 6.42. The lowest BCUT2D eigenvalue weighted by Crippen LogP contribution is -2.23. The number of aromatic nitrogens is 1. The number of halogens is 1. The van der Waals surface area contributed by atoms with Gasteiger partial charge in [0.1, 0.15) is 10.7 Å². The van der Waals surface area contributed by atoms with Crippen LogP contribution in [0, 0.1) is 5.82 Å². The van der Waals surface area contributed by atoms with E-state index in [-0.39, 0.29) is 22.4 Å². The number of carbonyl (C=O) groups excluding carboxylic acids is 1. The summed E-state index contributed by atoms with van der Waals surface area (Å²) in [6.45, 7) is 0. The minimum absolute atomic E-state index is 0.0678. The minimum Gasteiger partial charge on any atom is -0.350 e. The zero-order chi connectivity index (χ0) is 20.8. The molecule has 1 atom stereocenters. The maximum Gasteiger partial charge on any atom is 0.251 e. The Bertz CT molecular complexity index is 1180. The van der Waals surface area contributed by atoms with Gasteiger partial charge in [0.25, 0.3) is 5.56 Å². The molecule has 2 aromatic rings. The summed E-state index contributed by atoms with van der Waals surface area (Å²) in [5.41, 5.74) is 2.01. The summed E-state index contributed by atoms with van der Waals surface area (Å²) in [5.74, 6) is -0.633. The number of H-pyrrole nitrogens is 1. The largest absolute Gasteiger partial charge is 0.350 e. The Hall–Kier alpha value is -2.74. The zero-order valence-corrected chi connectivity index (χ0v) is 16.7. The molecule has 1 aromatic heterocycles. The molecule has 2 fully saturated rings. The first-order valence-electron chi connectivity index (χ1n) is 9.47. The normalized spacial score (nSPS) is 20.0. The van der Waals surface area contributed by atoms with Crippen molar-refractivity contribution in [2.45, 2.75) is 42.5 Å². The van der Waals surface area contributed by atoms with Gasteiger partial charge in [-0.15, -0.1) is 0 Å². The summed E-state index contributed by atoms with van der Waals surface area (Å²) in [6, 6.07) is 7.19. The molecule has 0 bridgehead atoms. The first-order chi connectivity index (χ1) is 13.7.